The Hall–Kier alpha value is -3.01. The molecule has 1 aliphatic rings. The minimum atomic E-state index is -0.277. The molecule has 0 spiro atoms. The van der Waals surface area contributed by atoms with Gasteiger partial charge in [0.05, 0.1) is 18.7 Å². The van der Waals surface area contributed by atoms with Crippen molar-refractivity contribution in [3.63, 3.8) is 0 Å². The first kappa shape index (κ1) is 32.4. The number of ether oxygens (including phenoxy) is 1. The molecule has 1 aromatic heterocycles. The quantitative estimate of drug-likeness (QED) is 0.186. The molecule has 7 nitrogen and oxygen atoms in total. The van der Waals surface area contributed by atoms with E-state index in [2.05, 4.69) is 15.7 Å². The van der Waals surface area contributed by atoms with Crippen molar-refractivity contribution in [2.75, 3.05) is 20.2 Å². The van der Waals surface area contributed by atoms with Crippen LogP contribution in [0.5, 0.6) is 5.75 Å². The predicted molar refractivity (Wildman–Crippen MR) is 178 cm³/mol. The van der Waals surface area contributed by atoms with Crippen molar-refractivity contribution in [2.24, 2.45) is 5.92 Å². The number of nitrogens with zero attached hydrogens (tertiary/aromatic N) is 2. The second kappa shape index (κ2) is 14.8. The Kier molecular flexibility index (Phi) is 10.9. The largest absolute Gasteiger partial charge is 0.497 e. The van der Waals surface area contributed by atoms with Gasteiger partial charge in [-0.25, -0.2) is 0 Å². The van der Waals surface area contributed by atoms with Crippen LogP contribution in [0.15, 0.2) is 87.5 Å². The molecule has 44 heavy (non-hydrogen) atoms. The third-order valence-corrected chi connectivity index (χ3v) is 9.46. The Morgan fingerprint density at radius 1 is 1.07 bits per heavy atom. The summed E-state index contributed by atoms with van der Waals surface area (Å²) in [5.74, 6) is 0.357. The molecule has 1 aliphatic heterocycles. The number of amides is 1. The number of methoxy groups -OCH3 is 1. The molecule has 2 N–H and O–H groups in total. The van der Waals surface area contributed by atoms with Crippen LogP contribution in [0.1, 0.15) is 36.8 Å². The van der Waals surface area contributed by atoms with Crippen molar-refractivity contribution in [1.82, 2.24) is 20.4 Å². The molecule has 3 atom stereocenters. The van der Waals surface area contributed by atoms with E-state index >= 15 is 0 Å². The first-order valence-corrected chi connectivity index (χ1v) is 16.3. The second-order valence-electron chi connectivity index (χ2n) is 10.8. The van der Waals surface area contributed by atoms with Gasteiger partial charge in [-0.2, -0.15) is 9.78 Å². The number of aromatic nitrogens is 2. The predicted octanol–water partition coefficient (Wildman–Crippen LogP) is 7.18. The number of carbonyl (C=O) groups is 1. The summed E-state index contributed by atoms with van der Waals surface area (Å²) in [6.45, 7) is 3.33. The maximum atomic E-state index is 13.6. The number of piperidine rings is 1. The van der Waals surface area contributed by atoms with E-state index in [0.29, 0.717) is 56.5 Å². The maximum absolute atomic E-state index is 13.6. The minimum Gasteiger partial charge on any atom is -0.497 e. The second-order valence-corrected chi connectivity index (χ2v) is 13.2. The summed E-state index contributed by atoms with van der Waals surface area (Å²) in [5.41, 5.74) is 1.97. The number of hydrogen-bond acceptors (Lipinski definition) is 6. The van der Waals surface area contributed by atoms with Gasteiger partial charge in [-0.1, -0.05) is 52.6 Å². The van der Waals surface area contributed by atoms with Crippen LogP contribution in [-0.2, 0) is 11.2 Å². The van der Waals surface area contributed by atoms with Crippen molar-refractivity contribution in [3.05, 3.63) is 109 Å². The summed E-state index contributed by atoms with van der Waals surface area (Å²) in [6.07, 6.45) is 1.83. The van der Waals surface area contributed by atoms with Gasteiger partial charge in [0.2, 0.25) is 5.91 Å². The van der Waals surface area contributed by atoms with E-state index in [0.717, 1.165) is 23.4 Å². The highest BCUT2D eigenvalue weighted by molar-refractivity contribution is 7.99. The molecule has 0 bridgehead atoms. The molecule has 1 fully saturated rings. The average Bonchev–Trinajstić information content (AvgIpc) is 3.02. The van der Waals surface area contributed by atoms with E-state index in [1.165, 1.54) is 16.4 Å². The molecule has 0 saturated carbocycles. The Morgan fingerprint density at radius 3 is 2.50 bits per heavy atom. The van der Waals surface area contributed by atoms with E-state index < -0.39 is 0 Å². The van der Waals surface area contributed by atoms with Crippen molar-refractivity contribution < 1.29 is 9.53 Å². The molecule has 2 heterocycles. The van der Waals surface area contributed by atoms with Gasteiger partial charge in [-0.05, 0) is 111 Å². The molecule has 1 amide bonds. The topological polar surface area (TPSA) is 85.2 Å². The van der Waals surface area contributed by atoms with Crippen LogP contribution in [0, 0.1) is 5.92 Å². The molecule has 0 unspecified atom stereocenters. The van der Waals surface area contributed by atoms with Crippen LogP contribution in [0.2, 0.25) is 15.1 Å². The van der Waals surface area contributed by atoms with E-state index in [4.69, 9.17) is 39.5 Å². The van der Waals surface area contributed by atoms with Gasteiger partial charge in [0.15, 0.2) is 0 Å². The first-order valence-electron chi connectivity index (χ1n) is 14.4. The summed E-state index contributed by atoms with van der Waals surface area (Å²) >= 11 is 20.2. The van der Waals surface area contributed by atoms with Gasteiger partial charge in [-0.15, -0.1) is 0 Å². The van der Waals surface area contributed by atoms with Crippen LogP contribution in [0.3, 0.4) is 0 Å². The fourth-order valence-corrected chi connectivity index (χ4v) is 6.88. The summed E-state index contributed by atoms with van der Waals surface area (Å²) in [5, 5.41) is 13.7. The molecular weight excluding hydrogens is 639 g/mol. The average molecular weight is 672 g/mol. The molecular formula is C33H33Cl3N4O3S. The number of aryl methyl sites for hydroxylation is 1. The Balaban J connectivity index is 1.33. The van der Waals surface area contributed by atoms with Crippen molar-refractivity contribution in [3.8, 4) is 11.4 Å². The van der Waals surface area contributed by atoms with Crippen molar-refractivity contribution in [1.29, 1.82) is 0 Å². The minimum absolute atomic E-state index is 0.0161. The highest BCUT2D eigenvalue weighted by Crippen LogP contribution is 2.36. The lowest BCUT2D eigenvalue weighted by atomic mass is 9.80. The van der Waals surface area contributed by atoms with Gasteiger partial charge in [0.25, 0.3) is 5.56 Å². The number of halogens is 3. The Labute approximate surface area is 276 Å². The number of carbonyl (C=O) groups excluding carboxylic acids is 1. The Bertz CT molecular complexity index is 1660. The zero-order chi connectivity index (χ0) is 31.2. The third-order valence-electron chi connectivity index (χ3n) is 7.73. The summed E-state index contributed by atoms with van der Waals surface area (Å²) in [6, 6.07) is 21.8. The lowest BCUT2D eigenvalue weighted by molar-refractivity contribution is -0.126. The number of benzene rings is 3. The summed E-state index contributed by atoms with van der Waals surface area (Å²) < 4.78 is 6.70. The molecule has 5 rings (SSSR count). The molecule has 0 radical (unpaired) electrons. The van der Waals surface area contributed by atoms with Gasteiger partial charge in [-0.3, -0.25) is 9.59 Å². The third kappa shape index (κ3) is 7.98. The fraction of sp³-hybridized carbons (Fsp3) is 0.303. The fourth-order valence-electron chi connectivity index (χ4n) is 5.37. The number of hydrogen-bond donors (Lipinski definition) is 2. The first-order chi connectivity index (χ1) is 21.2. The molecule has 3 aromatic carbocycles. The molecule has 4 aromatic rings. The zero-order valence-corrected chi connectivity index (χ0v) is 27.4. The van der Waals surface area contributed by atoms with Crippen LogP contribution < -0.4 is 20.9 Å². The standard InChI is InChI=1S/C33H33Cl3N4O3S/c1-20(38-32(41)29-19-37-16-15-27(29)28-14-7-23(35)18-30(28)36)3-4-21-17-31(44-26-12-5-22(34)6-13-26)39-40(33(21)42)24-8-10-25(43-2)11-9-24/h5-14,17-18,20,27,29,37H,3-4,15-16,19H2,1-2H3,(H,38,41)/t20-,27-,29+/m1/s1. The van der Waals surface area contributed by atoms with Gasteiger partial charge in [0.1, 0.15) is 10.8 Å². The van der Waals surface area contributed by atoms with Crippen LogP contribution >= 0.6 is 46.6 Å². The van der Waals surface area contributed by atoms with E-state index in [1.807, 2.05) is 49.4 Å². The number of nitrogens with one attached hydrogen (secondary N) is 2. The normalized spacial score (nSPS) is 17.2. The van der Waals surface area contributed by atoms with E-state index in [-0.39, 0.29) is 29.3 Å². The van der Waals surface area contributed by atoms with Gasteiger partial charge >= 0.3 is 0 Å². The summed E-state index contributed by atoms with van der Waals surface area (Å²) in [7, 11) is 1.60. The molecule has 0 aliphatic carbocycles. The SMILES string of the molecule is COc1ccc(-n2nc(Sc3ccc(Cl)cc3)cc(CC[C@@H](C)NC(=O)[C@H]3CNCC[C@@H]3c3ccc(Cl)cc3Cl)c2=O)cc1. The van der Waals surface area contributed by atoms with E-state index in [1.54, 1.807) is 37.4 Å². The smallest absolute Gasteiger partial charge is 0.274 e. The van der Waals surface area contributed by atoms with Gasteiger partial charge in [0, 0.05) is 38.1 Å². The maximum Gasteiger partial charge on any atom is 0.274 e. The lowest BCUT2D eigenvalue weighted by Crippen LogP contribution is -2.47. The highest BCUT2D eigenvalue weighted by atomic mass is 35.5. The monoisotopic (exact) mass is 670 g/mol. The van der Waals surface area contributed by atoms with Crippen LogP contribution in [0.25, 0.3) is 5.69 Å². The van der Waals surface area contributed by atoms with Crippen molar-refractivity contribution in [2.45, 2.75) is 48.1 Å². The van der Waals surface area contributed by atoms with Crippen molar-refractivity contribution >= 4 is 52.5 Å². The highest BCUT2D eigenvalue weighted by Gasteiger charge is 2.33. The molecule has 11 heteroatoms. The molecule has 1 saturated heterocycles. The van der Waals surface area contributed by atoms with Crippen LogP contribution in [0.4, 0.5) is 0 Å². The van der Waals surface area contributed by atoms with E-state index in [9.17, 15) is 9.59 Å². The summed E-state index contributed by atoms with van der Waals surface area (Å²) in [4.78, 5) is 28.1. The number of rotatable bonds is 10. The van der Waals surface area contributed by atoms with Crippen LogP contribution in [-0.4, -0.2) is 41.9 Å². The van der Waals surface area contributed by atoms with Gasteiger partial charge < -0.3 is 15.4 Å². The Morgan fingerprint density at radius 2 is 1.80 bits per heavy atom. The lowest BCUT2D eigenvalue weighted by Gasteiger charge is -2.33. The molecule has 230 valence electrons. The zero-order valence-electron chi connectivity index (χ0n) is 24.4.